The molecular formula is C24H22O. The van der Waals surface area contributed by atoms with Crippen LogP contribution in [0.4, 0.5) is 0 Å². The van der Waals surface area contributed by atoms with Crippen molar-refractivity contribution >= 4 is 24.3 Å². The summed E-state index contributed by atoms with van der Waals surface area (Å²) in [6.45, 7) is 0.608. The number of methoxy groups -OCH3 is 1. The molecule has 0 bridgehead atoms. The maximum Gasteiger partial charge on any atom is 0.0718 e. The lowest BCUT2D eigenvalue weighted by atomic mass is 10.0. The zero-order chi connectivity index (χ0) is 17.3. The highest BCUT2D eigenvalue weighted by molar-refractivity contribution is 5.75. The second-order valence-corrected chi connectivity index (χ2v) is 5.88. The van der Waals surface area contributed by atoms with E-state index >= 15 is 0 Å². The molecule has 1 heteroatoms. The van der Waals surface area contributed by atoms with E-state index in [0.717, 1.165) is 0 Å². The Hall–Kier alpha value is -2.90. The van der Waals surface area contributed by atoms with E-state index in [0.29, 0.717) is 6.61 Å². The minimum Gasteiger partial charge on any atom is -0.380 e. The van der Waals surface area contributed by atoms with Gasteiger partial charge in [0.15, 0.2) is 0 Å². The fourth-order valence-corrected chi connectivity index (χ4v) is 2.67. The predicted molar refractivity (Wildman–Crippen MR) is 108 cm³/mol. The van der Waals surface area contributed by atoms with Crippen molar-refractivity contribution in [1.82, 2.24) is 0 Å². The van der Waals surface area contributed by atoms with Crippen LogP contribution >= 0.6 is 0 Å². The zero-order valence-electron chi connectivity index (χ0n) is 14.4. The van der Waals surface area contributed by atoms with Crippen LogP contribution in [0.2, 0.25) is 0 Å². The fraction of sp³-hybridized carbons (Fsp3) is 0.0833. The SMILES string of the molecule is COCc1ccc(/C=C/c2ccccc2)cc1/C=C/c1ccccc1. The Morgan fingerprint density at radius 3 is 1.80 bits per heavy atom. The van der Waals surface area contributed by atoms with Gasteiger partial charge in [0.2, 0.25) is 0 Å². The molecule has 0 aliphatic carbocycles. The molecule has 0 aromatic heterocycles. The maximum absolute atomic E-state index is 5.34. The Balaban J connectivity index is 1.86. The van der Waals surface area contributed by atoms with Crippen molar-refractivity contribution in [2.24, 2.45) is 0 Å². The first-order valence-corrected chi connectivity index (χ1v) is 8.43. The molecule has 1 nitrogen and oxygen atoms in total. The summed E-state index contributed by atoms with van der Waals surface area (Å²) in [6, 6.07) is 27.1. The molecule has 0 heterocycles. The van der Waals surface area contributed by atoms with Gasteiger partial charge in [-0.05, 0) is 33.9 Å². The van der Waals surface area contributed by atoms with Crippen molar-refractivity contribution in [1.29, 1.82) is 0 Å². The highest BCUT2D eigenvalue weighted by Gasteiger charge is 2.01. The molecule has 25 heavy (non-hydrogen) atoms. The molecule has 0 saturated heterocycles. The van der Waals surface area contributed by atoms with Crippen LogP contribution in [0.5, 0.6) is 0 Å². The third-order valence-electron chi connectivity index (χ3n) is 3.99. The van der Waals surface area contributed by atoms with E-state index in [1.54, 1.807) is 7.11 Å². The number of rotatable bonds is 6. The summed E-state index contributed by atoms with van der Waals surface area (Å²) in [4.78, 5) is 0. The van der Waals surface area contributed by atoms with Gasteiger partial charge in [0.1, 0.15) is 0 Å². The summed E-state index contributed by atoms with van der Waals surface area (Å²) in [7, 11) is 1.73. The lowest BCUT2D eigenvalue weighted by Gasteiger charge is -2.07. The summed E-state index contributed by atoms with van der Waals surface area (Å²) < 4.78 is 5.34. The van der Waals surface area contributed by atoms with Gasteiger partial charge in [-0.2, -0.15) is 0 Å². The van der Waals surface area contributed by atoms with Crippen molar-refractivity contribution in [3.8, 4) is 0 Å². The Kier molecular flexibility index (Phi) is 5.97. The molecule has 0 atom stereocenters. The molecule has 3 aromatic rings. The largest absolute Gasteiger partial charge is 0.380 e. The summed E-state index contributed by atoms with van der Waals surface area (Å²) in [5.74, 6) is 0. The number of benzene rings is 3. The standard InChI is InChI=1S/C24H22O/c1-25-19-24-17-15-22(13-12-20-8-4-2-5-9-20)18-23(24)16-14-21-10-6-3-7-11-21/h2-18H,19H2,1H3/b13-12+,16-14+. The zero-order valence-corrected chi connectivity index (χ0v) is 14.4. The van der Waals surface area contributed by atoms with E-state index in [2.05, 4.69) is 91.0 Å². The molecule has 0 fully saturated rings. The number of hydrogen-bond acceptors (Lipinski definition) is 1. The van der Waals surface area contributed by atoms with Gasteiger partial charge in [-0.15, -0.1) is 0 Å². The van der Waals surface area contributed by atoms with Gasteiger partial charge in [0.25, 0.3) is 0 Å². The molecule has 0 saturated carbocycles. The Morgan fingerprint density at radius 1 is 0.640 bits per heavy atom. The van der Waals surface area contributed by atoms with Crippen LogP contribution in [0.25, 0.3) is 24.3 Å². The molecule has 0 aliphatic rings. The smallest absolute Gasteiger partial charge is 0.0718 e. The van der Waals surface area contributed by atoms with Crippen molar-refractivity contribution in [2.45, 2.75) is 6.61 Å². The molecule has 124 valence electrons. The number of ether oxygens (including phenoxy) is 1. The van der Waals surface area contributed by atoms with E-state index < -0.39 is 0 Å². The molecule has 0 unspecified atom stereocenters. The normalized spacial score (nSPS) is 11.4. The van der Waals surface area contributed by atoms with Crippen LogP contribution in [0.1, 0.15) is 27.8 Å². The average molecular weight is 326 g/mol. The lowest BCUT2D eigenvalue weighted by Crippen LogP contribution is -1.92. The minimum atomic E-state index is 0.608. The molecule has 3 rings (SSSR count). The molecule has 3 aromatic carbocycles. The van der Waals surface area contributed by atoms with Crippen LogP contribution < -0.4 is 0 Å². The predicted octanol–water partition coefficient (Wildman–Crippen LogP) is 6.17. The van der Waals surface area contributed by atoms with Crippen LogP contribution in [0, 0.1) is 0 Å². The van der Waals surface area contributed by atoms with Crippen LogP contribution in [-0.2, 0) is 11.3 Å². The van der Waals surface area contributed by atoms with E-state index in [4.69, 9.17) is 4.74 Å². The van der Waals surface area contributed by atoms with E-state index in [9.17, 15) is 0 Å². The summed E-state index contributed by atoms with van der Waals surface area (Å²) in [6.07, 6.45) is 8.57. The first-order chi connectivity index (χ1) is 12.3. The fourth-order valence-electron chi connectivity index (χ4n) is 2.67. The molecular weight excluding hydrogens is 304 g/mol. The van der Waals surface area contributed by atoms with Gasteiger partial charge in [-0.1, -0.05) is 97.1 Å². The molecule has 0 radical (unpaired) electrons. The van der Waals surface area contributed by atoms with Gasteiger partial charge >= 0.3 is 0 Å². The van der Waals surface area contributed by atoms with Crippen LogP contribution in [0.15, 0.2) is 78.9 Å². The topological polar surface area (TPSA) is 9.23 Å². The monoisotopic (exact) mass is 326 g/mol. The molecule has 0 amide bonds. The van der Waals surface area contributed by atoms with Gasteiger partial charge < -0.3 is 4.74 Å². The van der Waals surface area contributed by atoms with Crippen LogP contribution in [-0.4, -0.2) is 7.11 Å². The summed E-state index contributed by atoms with van der Waals surface area (Å²) >= 11 is 0. The van der Waals surface area contributed by atoms with Gasteiger partial charge in [-0.25, -0.2) is 0 Å². The summed E-state index contributed by atoms with van der Waals surface area (Å²) in [5.41, 5.74) is 5.94. The Morgan fingerprint density at radius 2 is 1.20 bits per heavy atom. The molecule has 0 spiro atoms. The Labute approximate surface area is 149 Å². The first-order valence-electron chi connectivity index (χ1n) is 8.43. The van der Waals surface area contributed by atoms with Gasteiger partial charge in [-0.3, -0.25) is 0 Å². The lowest BCUT2D eigenvalue weighted by molar-refractivity contribution is 0.184. The average Bonchev–Trinajstić information content (AvgIpc) is 2.68. The molecule has 0 aliphatic heterocycles. The van der Waals surface area contributed by atoms with E-state index in [-0.39, 0.29) is 0 Å². The number of hydrogen-bond donors (Lipinski definition) is 0. The molecule has 0 N–H and O–H groups in total. The van der Waals surface area contributed by atoms with E-state index in [1.165, 1.54) is 27.8 Å². The highest BCUT2D eigenvalue weighted by Crippen LogP contribution is 2.18. The first kappa shape index (κ1) is 16.9. The van der Waals surface area contributed by atoms with Crippen molar-refractivity contribution in [2.75, 3.05) is 7.11 Å². The quantitative estimate of drug-likeness (QED) is 0.492. The van der Waals surface area contributed by atoms with E-state index in [1.807, 2.05) is 12.1 Å². The Bertz CT molecular complexity index is 846. The van der Waals surface area contributed by atoms with Gasteiger partial charge in [0.05, 0.1) is 6.61 Å². The van der Waals surface area contributed by atoms with Crippen molar-refractivity contribution in [3.63, 3.8) is 0 Å². The summed E-state index contributed by atoms with van der Waals surface area (Å²) in [5, 5.41) is 0. The van der Waals surface area contributed by atoms with Crippen molar-refractivity contribution in [3.05, 3.63) is 107 Å². The third kappa shape index (κ3) is 5.03. The maximum atomic E-state index is 5.34. The highest BCUT2D eigenvalue weighted by atomic mass is 16.5. The van der Waals surface area contributed by atoms with Crippen molar-refractivity contribution < 1.29 is 4.74 Å². The second-order valence-electron chi connectivity index (χ2n) is 5.88. The van der Waals surface area contributed by atoms with Gasteiger partial charge in [0, 0.05) is 7.11 Å². The minimum absolute atomic E-state index is 0.608. The van der Waals surface area contributed by atoms with Crippen LogP contribution in [0.3, 0.4) is 0 Å². The third-order valence-corrected chi connectivity index (χ3v) is 3.99. The second kappa shape index (κ2) is 8.81.